The fourth-order valence-corrected chi connectivity index (χ4v) is 1.52. The highest BCUT2D eigenvalue weighted by molar-refractivity contribution is 4.91. The lowest BCUT2D eigenvalue weighted by atomic mass is 10.1. The third-order valence-corrected chi connectivity index (χ3v) is 2.56. The van der Waals surface area contributed by atoms with Crippen LogP contribution in [0.2, 0.25) is 0 Å². The molecule has 0 bridgehead atoms. The molecule has 0 aliphatic carbocycles. The van der Waals surface area contributed by atoms with Gasteiger partial charge >= 0.3 is 0 Å². The molecule has 15 heavy (non-hydrogen) atoms. The molecule has 86 valence electrons. The van der Waals surface area contributed by atoms with Crippen LogP contribution in [0.5, 0.6) is 0 Å². The molecule has 1 aromatic heterocycles. The van der Waals surface area contributed by atoms with Crippen LogP contribution in [0.25, 0.3) is 0 Å². The van der Waals surface area contributed by atoms with E-state index in [1.807, 2.05) is 31.7 Å². The van der Waals surface area contributed by atoms with E-state index in [4.69, 9.17) is 4.74 Å². The molecule has 2 unspecified atom stereocenters. The number of imidazole rings is 1. The molecule has 2 atom stereocenters. The van der Waals surface area contributed by atoms with E-state index < -0.39 is 6.10 Å². The van der Waals surface area contributed by atoms with Gasteiger partial charge in [-0.3, -0.25) is 0 Å². The number of nitrogens with zero attached hydrogens (tertiary/aromatic N) is 2. The van der Waals surface area contributed by atoms with Crippen molar-refractivity contribution in [1.29, 1.82) is 0 Å². The highest BCUT2D eigenvalue weighted by Gasteiger charge is 2.14. The van der Waals surface area contributed by atoms with Gasteiger partial charge in [-0.25, -0.2) is 4.98 Å². The summed E-state index contributed by atoms with van der Waals surface area (Å²) < 4.78 is 7.30. The molecule has 0 fully saturated rings. The lowest BCUT2D eigenvalue weighted by Gasteiger charge is -2.18. The molecule has 0 aliphatic rings. The average Bonchev–Trinajstić information content (AvgIpc) is 2.61. The van der Waals surface area contributed by atoms with Gasteiger partial charge in [-0.1, -0.05) is 0 Å². The van der Waals surface area contributed by atoms with E-state index in [-0.39, 0.29) is 6.10 Å². The molecule has 4 nitrogen and oxygen atoms in total. The average molecular weight is 212 g/mol. The Kier molecular flexibility index (Phi) is 4.78. The number of hydrogen-bond acceptors (Lipinski definition) is 3. The third kappa shape index (κ3) is 3.64. The van der Waals surface area contributed by atoms with Crippen molar-refractivity contribution in [2.24, 2.45) is 7.05 Å². The minimum absolute atomic E-state index is 0.102. The van der Waals surface area contributed by atoms with Crippen molar-refractivity contribution in [2.75, 3.05) is 6.61 Å². The van der Waals surface area contributed by atoms with Gasteiger partial charge in [0.15, 0.2) is 0 Å². The summed E-state index contributed by atoms with van der Waals surface area (Å²) in [5, 5.41) is 9.78. The fourth-order valence-electron chi connectivity index (χ4n) is 1.52. The second-order valence-electron chi connectivity index (χ2n) is 3.72. The maximum atomic E-state index is 9.78. The summed E-state index contributed by atoms with van der Waals surface area (Å²) in [6, 6.07) is 0. The molecule has 1 rings (SSSR count). The van der Waals surface area contributed by atoms with Crippen molar-refractivity contribution in [3.8, 4) is 0 Å². The quantitative estimate of drug-likeness (QED) is 0.769. The molecule has 0 spiro atoms. The Bertz CT molecular complexity index is 286. The fraction of sp³-hybridized carbons (Fsp3) is 0.727. The first-order chi connectivity index (χ1) is 7.15. The molecule has 1 heterocycles. The zero-order valence-corrected chi connectivity index (χ0v) is 9.68. The van der Waals surface area contributed by atoms with E-state index in [9.17, 15) is 5.11 Å². The molecule has 0 radical (unpaired) electrons. The number of aryl methyl sites for hydroxylation is 2. The van der Waals surface area contributed by atoms with Crippen LogP contribution in [0.15, 0.2) is 12.4 Å². The van der Waals surface area contributed by atoms with Crippen molar-refractivity contribution < 1.29 is 9.84 Å². The highest BCUT2D eigenvalue weighted by Crippen LogP contribution is 2.07. The van der Waals surface area contributed by atoms with Gasteiger partial charge in [0.25, 0.3) is 0 Å². The Labute approximate surface area is 90.9 Å². The van der Waals surface area contributed by atoms with E-state index in [0.717, 1.165) is 12.2 Å². The minimum atomic E-state index is -0.415. The molecule has 1 N–H and O–H groups in total. The Hall–Kier alpha value is -0.870. The number of rotatable bonds is 6. The smallest absolute Gasteiger partial charge is 0.108 e. The van der Waals surface area contributed by atoms with Gasteiger partial charge in [-0.2, -0.15) is 0 Å². The SMILES string of the molecule is CCOC(C)C(O)CCc1nccn1C. The summed E-state index contributed by atoms with van der Waals surface area (Å²) in [7, 11) is 1.96. The second-order valence-corrected chi connectivity index (χ2v) is 3.72. The van der Waals surface area contributed by atoms with Crippen LogP contribution >= 0.6 is 0 Å². The minimum Gasteiger partial charge on any atom is -0.390 e. The first-order valence-electron chi connectivity index (χ1n) is 5.41. The van der Waals surface area contributed by atoms with E-state index in [2.05, 4.69) is 4.98 Å². The molecule has 0 saturated carbocycles. The normalized spacial score (nSPS) is 15.2. The molecule has 0 saturated heterocycles. The summed E-state index contributed by atoms with van der Waals surface area (Å²) >= 11 is 0. The van der Waals surface area contributed by atoms with Crippen LogP contribution in [0.3, 0.4) is 0 Å². The van der Waals surface area contributed by atoms with Crippen LogP contribution in [0.1, 0.15) is 26.1 Å². The molecule has 0 aliphatic heterocycles. The van der Waals surface area contributed by atoms with Gasteiger partial charge in [-0.15, -0.1) is 0 Å². The van der Waals surface area contributed by atoms with Crippen molar-refractivity contribution in [3.63, 3.8) is 0 Å². The number of hydrogen-bond donors (Lipinski definition) is 1. The lowest BCUT2D eigenvalue weighted by Crippen LogP contribution is -2.26. The van der Waals surface area contributed by atoms with Gasteiger partial charge in [0.2, 0.25) is 0 Å². The Balaban J connectivity index is 2.34. The topological polar surface area (TPSA) is 47.3 Å². The number of aliphatic hydroxyl groups is 1. The summed E-state index contributed by atoms with van der Waals surface area (Å²) in [4.78, 5) is 4.20. The first kappa shape index (κ1) is 12.2. The molecule has 0 amide bonds. The molecular formula is C11H20N2O2. The van der Waals surface area contributed by atoms with Crippen molar-refractivity contribution in [2.45, 2.75) is 38.9 Å². The van der Waals surface area contributed by atoms with Gasteiger partial charge in [0.05, 0.1) is 12.2 Å². The standard InChI is InChI=1S/C11H20N2O2/c1-4-15-9(2)10(14)5-6-11-12-7-8-13(11)3/h7-10,14H,4-6H2,1-3H3. The van der Waals surface area contributed by atoms with Crippen molar-refractivity contribution in [1.82, 2.24) is 9.55 Å². The van der Waals surface area contributed by atoms with Crippen LogP contribution in [0, 0.1) is 0 Å². The summed E-state index contributed by atoms with van der Waals surface area (Å²) in [6.45, 7) is 4.47. The third-order valence-electron chi connectivity index (χ3n) is 2.56. The lowest BCUT2D eigenvalue weighted by molar-refractivity contribution is -0.0247. The van der Waals surface area contributed by atoms with Gasteiger partial charge in [0.1, 0.15) is 5.82 Å². The molecule has 1 aromatic rings. The first-order valence-corrected chi connectivity index (χ1v) is 5.41. The highest BCUT2D eigenvalue weighted by atomic mass is 16.5. The molecule has 0 aromatic carbocycles. The zero-order chi connectivity index (χ0) is 11.3. The van der Waals surface area contributed by atoms with Crippen LogP contribution in [-0.2, 0) is 18.2 Å². The van der Waals surface area contributed by atoms with E-state index >= 15 is 0 Å². The van der Waals surface area contributed by atoms with Crippen molar-refractivity contribution >= 4 is 0 Å². The predicted molar refractivity (Wildman–Crippen MR) is 58.6 cm³/mol. The Morgan fingerprint density at radius 2 is 2.33 bits per heavy atom. The molecular weight excluding hydrogens is 192 g/mol. The van der Waals surface area contributed by atoms with Gasteiger partial charge in [-0.05, 0) is 20.3 Å². The van der Waals surface area contributed by atoms with Crippen LogP contribution < -0.4 is 0 Å². The Morgan fingerprint density at radius 1 is 1.60 bits per heavy atom. The van der Waals surface area contributed by atoms with E-state index in [1.54, 1.807) is 6.20 Å². The van der Waals surface area contributed by atoms with Gasteiger partial charge in [0, 0.05) is 32.5 Å². The number of aliphatic hydroxyl groups excluding tert-OH is 1. The van der Waals surface area contributed by atoms with Crippen LogP contribution in [-0.4, -0.2) is 33.5 Å². The van der Waals surface area contributed by atoms with E-state index in [1.165, 1.54) is 0 Å². The predicted octanol–water partition coefficient (Wildman–Crippen LogP) is 1.14. The van der Waals surface area contributed by atoms with Crippen LogP contribution in [0.4, 0.5) is 0 Å². The maximum Gasteiger partial charge on any atom is 0.108 e. The summed E-state index contributed by atoms with van der Waals surface area (Å²) in [5.41, 5.74) is 0. The largest absolute Gasteiger partial charge is 0.390 e. The maximum absolute atomic E-state index is 9.78. The number of ether oxygens (including phenoxy) is 1. The van der Waals surface area contributed by atoms with Crippen molar-refractivity contribution in [3.05, 3.63) is 18.2 Å². The summed E-state index contributed by atoms with van der Waals surface area (Å²) in [5.74, 6) is 0.998. The molecule has 4 heteroatoms. The summed E-state index contributed by atoms with van der Waals surface area (Å²) in [6.07, 6.45) is 4.63. The van der Waals surface area contributed by atoms with E-state index in [0.29, 0.717) is 13.0 Å². The zero-order valence-electron chi connectivity index (χ0n) is 9.68. The van der Waals surface area contributed by atoms with Gasteiger partial charge < -0.3 is 14.4 Å². The Morgan fingerprint density at radius 3 is 2.87 bits per heavy atom. The number of aromatic nitrogens is 2. The monoisotopic (exact) mass is 212 g/mol. The second kappa shape index (κ2) is 5.88.